The van der Waals surface area contributed by atoms with Gasteiger partial charge in [0.1, 0.15) is 17.3 Å². The van der Waals surface area contributed by atoms with Crippen molar-refractivity contribution in [2.24, 2.45) is 5.73 Å². The molecule has 1 aromatic carbocycles. The first kappa shape index (κ1) is 12.4. The van der Waals surface area contributed by atoms with E-state index in [2.05, 4.69) is 0 Å². The molecule has 0 aliphatic rings. The van der Waals surface area contributed by atoms with Crippen molar-refractivity contribution in [1.82, 2.24) is 0 Å². The number of hydrogen-bond donors (Lipinski definition) is 1. The van der Waals surface area contributed by atoms with Gasteiger partial charge in [0.05, 0.1) is 5.56 Å². The van der Waals surface area contributed by atoms with Crippen molar-refractivity contribution in [1.29, 1.82) is 0 Å². The van der Waals surface area contributed by atoms with E-state index in [4.69, 9.17) is 34.3 Å². The molecule has 2 rings (SSSR count). The first-order chi connectivity index (χ1) is 8.16. The summed E-state index contributed by atoms with van der Waals surface area (Å²) in [7, 11) is 0. The van der Waals surface area contributed by atoms with Crippen LogP contribution in [0.5, 0.6) is 5.75 Å². The molecule has 2 N–H and O–H groups in total. The van der Waals surface area contributed by atoms with E-state index in [0.29, 0.717) is 22.9 Å². The minimum atomic E-state index is 0.286. The number of thiocarbonyl (C=S) groups is 1. The van der Waals surface area contributed by atoms with Crippen molar-refractivity contribution >= 4 is 40.1 Å². The largest absolute Gasteiger partial charge is 0.487 e. The molecule has 5 heteroatoms. The monoisotopic (exact) mass is 283 g/mol. The zero-order chi connectivity index (χ0) is 12.3. The number of halogens is 1. The van der Waals surface area contributed by atoms with Gasteiger partial charge in [-0.15, -0.1) is 11.3 Å². The van der Waals surface area contributed by atoms with Crippen LogP contribution in [-0.4, -0.2) is 4.99 Å². The standard InChI is InChI=1S/C12H10ClNOS2/c13-8-3-4-11(10(6-8)12(14)16)15-7-9-2-1-5-17-9/h1-6H,7H2,(H2,14,16). The van der Waals surface area contributed by atoms with E-state index in [1.54, 1.807) is 29.5 Å². The summed E-state index contributed by atoms with van der Waals surface area (Å²) in [6.07, 6.45) is 0. The van der Waals surface area contributed by atoms with E-state index >= 15 is 0 Å². The van der Waals surface area contributed by atoms with Crippen LogP contribution in [-0.2, 0) is 6.61 Å². The van der Waals surface area contributed by atoms with Crippen LogP contribution in [0.15, 0.2) is 35.7 Å². The zero-order valence-corrected chi connectivity index (χ0v) is 11.2. The van der Waals surface area contributed by atoms with Crippen molar-refractivity contribution in [3.63, 3.8) is 0 Å². The van der Waals surface area contributed by atoms with Crippen LogP contribution in [0.1, 0.15) is 10.4 Å². The van der Waals surface area contributed by atoms with Gasteiger partial charge >= 0.3 is 0 Å². The molecular weight excluding hydrogens is 274 g/mol. The van der Waals surface area contributed by atoms with Gasteiger partial charge in [-0.25, -0.2) is 0 Å². The summed E-state index contributed by atoms with van der Waals surface area (Å²) in [5.41, 5.74) is 6.30. The molecule has 2 nitrogen and oxygen atoms in total. The van der Waals surface area contributed by atoms with Crippen LogP contribution in [0.3, 0.4) is 0 Å². The molecule has 1 heterocycles. The molecule has 0 amide bonds. The normalized spacial score (nSPS) is 10.2. The summed E-state index contributed by atoms with van der Waals surface area (Å²) < 4.78 is 5.68. The molecule has 0 radical (unpaired) electrons. The summed E-state index contributed by atoms with van der Waals surface area (Å²) in [5.74, 6) is 0.662. The fourth-order valence-electron chi connectivity index (χ4n) is 1.36. The van der Waals surface area contributed by atoms with Crippen molar-refractivity contribution < 1.29 is 4.74 Å². The Balaban J connectivity index is 2.17. The zero-order valence-electron chi connectivity index (χ0n) is 8.85. The Morgan fingerprint density at radius 3 is 2.88 bits per heavy atom. The maximum Gasteiger partial charge on any atom is 0.130 e. The van der Waals surface area contributed by atoms with E-state index < -0.39 is 0 Å². The van der Waals surface area contributed by atoms with E-state index in [-0.39, 0.29) is 4.99 Å². The number of nitrogens with two attached hydrogens (primary N) is 1. The number of rotatable bonds is 4. The van der Waals surface area contributed by atoms with Crippen molar-refractivity contribution in [2.75, 3.05) is 0 Å². The maximum atomic E-state index is 5.89. The summed E-state index contributed by atoms with van der Waals surface area (Å²) in [4.78, 5) is 1.43. The number of hydrogen-bond acceptors (Lipinski definition) is 3. The third kappa shape index (κ3) is 3.19. The van der Waals surface area contributed by atoms with E-state index in [9.17, 15) is 0 Å². The number of thiophene rings is 1. The first-order valence-electron chi connectivity index (χ1n) is 4.91. The third-order valence-electron chi connectivity index (χ3n) is 2.16. The Morgan fingerprint density at radius 2 is 2.24 bits per heavy atom. The van der Waals surface area contributed by atoms with Gasteiger partial charge in [-0.2, -0.15) is 0 Å². The minimum Gasteiger partial charge on any atom is -0.487 e. The van der Waals surface area contributed by atoms with Crippen LogP contribution < -0.4 is 10.5 Å². The number of ether oxygens (including phenoxy) is 1. The lowest BCUT2D eigenvalue weighted by molar-refractivity contribution is 0.309. The number of benzene rings is 1. The van der Waals surface area contributed by atoms with Crippen LogP contribution >= 0.6 is 35.2 Å². The second kappa shape index (κ2) is 5.49. The van der Waals surface area contributed by atoms with Gasteiger partial charge in [0.2, 0.25) is 0 Å². The SMILES string of the molecule is NC(=S)c1cc(Cl)ccc1OCc1cccs1. The van der Waals surface area contributed by atoms with Crippen molar-refractivity contribution in [3.8, 4) is 5.75 Å². The van der Waals surface area contributed by atoms with E-state index in [1.807, 2.05) is 17.5 Å². The van der Waals surface area contributed by atoms with Gasteiger partial charge in [0, 0.05) is 9.90 Å². The van der Waals surface area contributed by atoms with Gasteiger partial charge in [-0.3, -0.25) is 0 Å². The first-order valence-corrected chi connectivity index (χ1v) is 6.58. The van der Waals surface area contributed by atoms with Gasteiger partial charge < -0.3 is 10.5 Å². The van der Waals surface area contributed by atoms with Crippen molar-refractivity contribution in [3.05, 3.63) is 51.2 Å². The highest BCUT2D eigenvalue weighted by atomic mass is 35.5. The molecule has 88 valence electrons. The average Bonchev–Trinajstić information content (AvgIpc) is 2.80. The predicted molar refractivity (Wildman–Crippen MR) is 76.0 cm³/mol. The molecule has 2 aromatic rings. The fourth-order valence-corrected chi connectivity index (χ4v) is 2.31. The van der Waals surface area contributed by atoms with Gasteiger partial charge in [-0.1, -0.05) is 29.9 Å². The lowest BCUT2D eigenvalue weighted by atomic mass is 10.2. The summed E-state index contributed by atoms with van der Waals surface area (Å²) >= 11 is 12.5. The van der Waals surface area contributed by atoms with Crippen LogP contribution in [0, 0.1) is 0 Å². The van der Waals surface area contributed by atoms with Gasteiger partial charge in [0.15, 0.2) is 0 Å². The second-order valence-corrected chi connectivity index (χ2v) is 5.28. The van der Waals surface area contributed by atoms with E-state index in [1.165, 1.54) is 0 Å². The Kier molecular flexibility index (Phi) is 3.99. The molecule has 1 aromatic heterocycles. The molecule has 0 saturated heterocycles. The smallest absolute Gasteiger partial charge is 0.130 e. The molecule has 0 atom stereocenters. The minimum absolute atomic E-state index is 0.286. The summed E-state index contributed by atoms with van der Waals surface area (Å²) in [5, 5.41) is 2.60. The third-order valence-corrected chi connectivity index (χ3v) is 3.46. The summed E-state index contributed by atoms with van der Waals surface area (Å²) in [6.45, 7) is 0.509. The fraction of sp³-hybridized carbons (Fsp3) is 0.0833. The Morgan fingerprint density at radius 1 is 1.41 bits per heavy atom. The highest BCUT2D eigenvalue weighted by molar-refractivity contribution is 7.80. The van der Waals surface area contributed by atoms with Crippen LogP contribution in [0.2, 0.25) is 5.02 Å². The van der Waals surface area contributed by atoms with Gasteiger partial charge in [-0.05, 0) is 29.6 Å². The highest BCUT2D eigenvalue weighted by Crippen LogP contribution is 2.24. The predicted octanol–water partition coefficient (Wildman–Crippen LogP) is 3.61. The average molecular weight is 284 g/mol. The van der Waals surface area contributed by atoms with E-state index in [0.717, 1.165) is 4.88 Å². The molecule has 0 aliphatic heterocycles. The Hall–Kier alpha value is -1.10. The highest BCUT2D eigenvalue weighted by Gasteiger charge is 2.07. The maximum absolute atomic E-state index is 5.89. The molecule has 17 heavy (non-hydrogen) atoms. The lowest BCUT2D eigenvalue weighted by Gasteiger charge is -2.10. The van der Waals surface area contributed by atoms with Crippen molar-refractivity contribution in [2.45, 2.75) is 6.61 Å². The molecule has 0 spiro atoms. The second-order valence-electron chi connectivity index (χ2n) is 3.37. The molecule has 0 fully saturated rings. The quantitative estimate of drug-likeness (QED) is 0.871. The lowest BCUT2D eigenvalue weighted by Crippen LogP contribution is -2.11. The molecule has 0 bridgehead atoms. The molecule has 0 aliphatic carbocycles. The van der Waals surface area contributed by atoms with Gasteiger partial charge in [0.25, 0.3) is 0 Å². The van der Waals surface area contributed by atoms with Crippen LogP contribution in [0.4, 0.5) is 0 Å². The Bertz CT molecular complexity index is 525. The topological polar surface area (TPSA) is 35.2 Å². The Labute approximate surface area is 114 Å². The molecular formula is C12H10ClNOS2. The molecule has 0 saturated carbocycles. The summed E-state index contributed by atoms with van der Waals surface area (Å²) in [6, 6.07) is 9.26. The molecule has 0 unspecified atom stereocenters. The van der Waals surface area contributed by atoms with Crippen LogP contribution in [0.25, 0.3) is 0 Å².